The summed E-state index contributed by atoms with van der Waals surface area (Å²) in [6, 6.07) is 19.7. The lowest BCUT2D eigenvalue weighted by Crippen LogP contribution is -2.13. The van der Waals surface area contributed by atoms with Crippen molar-refractivity contribution in [2.45, 2.75) is 6.42 Å². The quantitative estimate of drug-likeness (QED) is 0.309. The molecule has 0 amide bonds. The van der Waals surface area contributed by atoms with E-state index in [0.29, 0.717) is 12.0 Å². The maximum atomic E-state index is 12.1. The van der Waals surface area contributed by atoms with Crippen molar-refractivity contribution in [3.8, 4) is 0 Å². The van der Waals surface area contributed by atoms with E-state index in [1.807, 2.05) is 42.5 Å². The molecule has 0 atom stereocenters. The van der Waals surface area contributed by atoms with Gasteiger partial charge >= 0.3 is 5.97 Å². The highest BCUT2D eigenvalue weighted by Crippen LogP contribution is 2.31. The Morgan fingerprint density at radius 2 is 1.86 bits per heavy atom. The number of amidine groups is 1. The Morgan fingerprint density at radius 3 is 2.62 bits per heavy atom. The van der Waals surface area contributed by atoms with E-state index in [2.05, 4.69) is 23.4 Å². The van der Waals surface area contributed by atoms with Crippen LogP contribution in [0.3, 0.4) is 0 Å². The van der Waals surface area contributed by atoms with Crippen molar-refractivity contribution in [1.29, 1.82) is 0 Å². The number of carboxylic acids is 1. The first-order valence-electron chi connectivity index (χ1n) is 9.19. The minimum absolute atomic E-state index is 0.242. The molecule has 146 valence electrons. The maximum absolute atomic E-state index is 12.1. The van der Waals surface area contributed by atoms with Gasteiger partial charge in [-0.2, -0.15) is 0 Å². The summed E-state index contributed by atoms with van der Waals surface area (Å²) in [4.78, 5) is 16.9. The van der Waals surface area contributed by atoms with Crippen LogP contribution in [0.1, 0.15) is 27.2 Å². The van der Waals surface area contributed by atoms with Gasteiger partial charge in [0.05, 0.1) is 0 Å². The third-order valence-electron chi connectivity index (χ3n) is 5.24. The van der Waals surface area contributed by atoms with Gasteiger partial charge in [0.1, 0.15) is 12.8 Å². The van der Waals surface area contributed by atoms with E-state index < -0.39 is 5.97 Å². The minimum Gasteiger partial charge on any atom is -0.477 e. The summed E-state index contributed by atoms with van der Waals surface area (Å²) in [5, 5.41) is 16.8. The van der Waals surface area contributed by atoms with E-state index in [1.54, 1.807) is 11.6 Å². The van der Waals surface area contributed by atoms with E-state index in [0.717, 1.165) is 32.8 Å². The zero-order valence-electron chi connectivity index (χ0n) is 16.2. The van der Waals surface area contributed by atoms with Gasteiger partial charge in [0.2, 0.25) is 0 Å². The summed E-state index contributed by atoms with van der Waals surface area (Å²) in [5.74, 6) is -0.717. The molecule has 0 saturated heterocycles. The van der Waals surface area contributed by atoms with Crippen LogP contribution >= 0.6 is 0 Å². The number of carboxylic acid groups (broad SMARTS) is 1. The number of aromatic carboxylic acids is 1. The summed E-state index contributed by atoms with van der Waals surface area (Å²) in [6.07, 6.45) is 0.491. The summed E-state index contributed by atoms with van der Waals surface area (Å²) in [5.41, 5.74) is 9.58. The normalized spacial score (nSPS) is 11.9. The van der Waals surface area contributed by atoms with Gasteiger partial charge in [-0.3, -0.25) is 0 Å². The second-order valence-electron chi connectivity index (χ2n) is 6.90. The SMILES string of the molecule is CON=C(N)c1ccc2c(c1)c(Cc1cccc3ccccc13)c(C(=O)O)n2C. The Labute approximate surface area is 167 Å². The van der Waals surface area contributed by atoms with Gasteiger partial charge in [0, 0.05) is 29.9 Å². The third kappa shape index (κ3) is 3.18. The molecule has 0 unspecified atom stereocenters. The Hall–Kier alpha value is -3.80. The summed E-state index contributed by atoms with van der Waals surface area (Å²) in [6.45, 7) is 0. The first-order chi connectivity index (χ1) is 14.0. The number of carbonyl (C=O) groups is 1. The monoisotopic (exact) mass is 387 g/mol. The second kappa shape index (κ2) is 7.31. The molecule has 3 aromatic carbocycles. The largest absolute Gasteiger partial charge is 0.477 e. The van der Waals surface area contributed by atoms with Gasteiger partial charge in [-0.1, -0.05) is 47.6 Å². The predicted molar refractivity (Wildman–Crippen MR) is 114 cm³/mol. The van der Waals surface area contributed by atoms with E-state index in [4.69, 9.17) is 10.6 Å². The van der Waals surface area contributed by atoms with Crippen molar-refractivity contribution < 1.29 is 14.7 Å². The number of benzene rings is 3. The first kappa shape index (κ1) is 18.6. The lowest BCUT2D eigenvalue weighted by atomic mass is 9.96. The molecule has 0 aliphatic heterocycles. The van der Waals surface area contributed by atoms with Crippen LogP contribution in [0.2, 0.25) is 0 Å². The zero-order chi connectivity index (χ0) is 20.5. The molecule has 3 N–H and O–H groups in total. The van der Waals surface area contributed by atoms with Crippen molar-refractivity contribution in [3.05, 3.63) is 83.0 Å². The molecular formula is C23H21N3O3. The van der Waals surface area contributed by atoms with E-state index in [-0.39, 0.29) is 11.5 Å². The first-order valence-corrected chi connectivity index (χ1v) is 9.19. The minimum atomic E-state index is -0.959. The lowest BCUT2D eigenvalue weighted by molar-refractivity contribution is 0.0686. The smallest absolute Gasteiger partial charge is 0.352 e. The van der Waals surface area contributed by atoms with Crippen molar-refractivity contribution in [3.63, 3.8) is 0 Å². The Balaban J connectivity index is 1.96. The molecule has 6 nitrogen and oxygen atoms in total. The molecule has 4 rings (SSSR count). The summed E-state index contributed by atoms with van der Waals surface area (Å²) >= 11 is 0. The number of hydrogen-bond acceptors (Lipinski definition) is 3. The van der Waals surface area contributed by atoms with Crippen LogP contribution in [-0.4, -0.2) is 28.6 Å². The molecule has 6 heteroatoms. The zero-order valence-corrected chi connectivity index (χ0v) is 16.2. The van der Waals surface area contributed by atoms with Gasteiger partial charge < -0.3 is 20.2 Å². The molecule has 29 heavy (non-hydrogen) atoms. The van der Waals surface area contributed by atoms with E-state index >= 15 is 0 Å². The number of hydrogen-bond donors (Lipinski definition) is 2. The van der Waals surface area contributed by atoms with Crippen LogP contribution in [0.15, 0.2) is 65.8 Å². The van der Waals surface area contributed by atoms with Crippen LogP contribution in [0, 0.1) is 0 Å². The van der Waals surface area contributed by atoms with Gasteiger partial charge in [-0.15, -0.1) is 0 Å². The molecule has 0 saturated carbocycles. The van der Waals surface area contributed by atoms with Gasteiger partial charge in [0.25, 0.3) is 0 Å². The standard InChI is InChI=1S/C23H21N3O3/c1-26-20-11-10-16(22(24)25-29-2)13-18(20)19(21(26)23(27)28)12-15-8-5-7-14-6-3-4-9-17(14)15/h3-11,13H,12H2,1-2H3,(H2,24,25)(H,27,28). The van der Waals surface area contributed by atoms with E-state index in [9.17, 15) is 9.90 Å². The Morgan fingerprint density at radius 1 is 1.10 bits per heavy atom. The number of aryl methyl sites for hydroxylation is 1. The molecule has 0 aliphatic rings. The molecule has 0 aliphatic carbocycles. The summed E-state index contributed by atoms with van der Waals surface area (Å²) in [7, 11) is 3.20. The predicted octanol–water partition coefficient (Wildman–Crippen LogP) is 3.89. The number of aromatic nitrogens is 1. The average molecular weight is 387 g/mol. The van der Waals surface area contributed by atoms with Gasteiger partial charge in [-0.05, 0) is 40.1 Å². The Bertz CT molecular complexity index is 1270. The maximum Gasteiger partial charge on any atom is 0.352 e. The fourth-order valence-corrected chi connectivity index (χ4v) is 3.92. The molecule has 1 heterocycles. The molecule has 1 aromatic heterocycles. The summed E-state index contributed by atoms with van der Waals surface area (Å²) < 4.78 is 1.71. The lowest BCUT2D eigenvalue weighted by Gasteiger charge is -2.08. The van der Waals surface area contributed by atoms with Crippen molar-refractivity contribution in [1.82, 2.24) is 4.57 Å². The molecule has 4 aromatic rings. The highest BCUT2D eigenvalue weighted by Gasteiger charge is 2.22. The number of rotatable bonds is 5. The Kier molecular flexibility index (Phi) is 4.68. The van der Waals surface area contributed by atoms with Crippen molar-refractivity contribution >= 4 is 33.5 Å². The second-order valence-corrected chi connectivity index (χ2v) is 6.90. The number of oxime groups is 1. The average Bonchev–Trinajstić information content (AvgIpc) is 3.00. The topological polar surface area (TPSA) is 89.8 Å². The van der Waals surface area contributed by atoms with Crippen LogP contribution in [0.5, 0.6) is 0 Å². The van der Waals surface area contributed by atoms with Crippen LogP contribution in [0.25, 0.3) is 21.7 Å². The number of fused-ring (bicyclic) bond motifs is 2. The number of nitrogens with zero attached hydrogens (tertiary/aromatic N) is 2. The van der Waals surface area contributed by atoms with Crippen molar-refractivity contribution in [2.75, 3.05) is 7.11 Å². The van der Waals surface area contributed by atoms with Gasteiger partial charge in [-0.25, -0.2) is 4.79 Å². The molecule has 0 radical (unpaired) electrons. The fraction of sp³-hybridized carbons (Fsp3) is 0.130. The molecule has 0 fully saturated rings. The molecule has 0 spiro atoms. The van der Waals surface area contributed by atoms with Crippen LogP contribution in [0.4, 0.5) is 0 Å². The molecular weight excluding hydrogens is 366 g/mol. The van der Waals surface area contributed by atoms with Crippen LogP contribution in [-0.2, 0) is 18.3 Å². The number of nitrogens with two attached hydrogens (primary N) is 1. The highest BCUT2D eigenvalue weighted by molar-refractivity contribution is 6.04. The van der Waals surface area contributed by atoms with Crippen molar-refractivity contribution in [2.24, 2.45) is 17.9 Å². The van der Waals surface area contributed by atoms with E-state index in [1.165, 1.54) is 7.11 Å². The van der Waals surface area contributed by atoms with Gasteiger partial charge in [0.15, 0.2) is 5.84 Å². The molecule has 0 bridgehead atoms. The van der Waals surface area contributed by atoms with Crippen LogP contribution < -0.4 is 5.73 Å². The third-order valence-corrected chi connectivity index (χ3v) is 5.24. The highest BCUT2D eigenvalue weighted by atomic mass is 16.6. The fourth-order valence-electron chi connectivity index (χ4n) is 3.92.